The quantitative estimate of drug-likeness (QED) is 0.345. The average Bonchev–Trinajstić information content (AvgIpc) is 2.84. The molecule has 0 saturated carbocycles. The van der Waals surface area contributed by atoms with Crippen LogP contribution >= 0.6 is 11.6 Å². The standard InChI is InChI=1S/C24H22ClF4N3O.C2H6.CH4/c25-18-10-16(6-7-19(18)26)20-11-17(12-22(31-20)23(33,14-30)24(27,28)29)21-8-9-32(21)13-15-4-2-1-3-5-15;1-2;/h1-7,10-12,21,33H,8-9,13-14,30H2;1-2H3;1H4. The van der Waals surface area contributed by atoms with Crippen LogP contribution < -0.4 is 5.73 Å². The van der Waals surface area contributed by atoms with Gasteiger partial charge in [0.25, 0.3) is 0 Å². The fourth-order valence-corrected chi connectivity index (χ4v) is 4.13. The van der Waals surface area contributed by atoms with E-state index in [1.165, 1.54) is 18.2 Å². The highest BCUT2D eigenvalue weighted by Gasteiger charge is 2.55. The van der Waals surface area contributed by atoms with Crippen LogP contribution in [0.3, 0.4) is 0 Å². The van der Waals surface area contributed by atoms with Crippen LogP contribution in [0.25, 0.3) is 11.3 Å². The lowest BCUT2D eigenvalue weighted by Crippen LogP contribution is -2.49. The smallest absolute Gasteiger partial charge is 0.374 e. The summed E-state index contributed by atoms with van der Waals surface area (Å²) in [5, 5.41) is 10.3. The molecular weight excluding hydrogens is 494 g/mol. The average molecular weight is 526 g/mol. The molecular formula is C27H32ClF4N3O. The Kier molecular flexibility index (Phi) is 10.0. The van der Waals surface area contributed by atoms with Crippen LogP contribution in [0.4, 0.5) is 17.6 Å². The Labute approximate surface area is 214 Å². The number of likely N-dealkylation sites (tertiary alicyclic amines) is 1. The molecule has 1 fully saturated rings. The van der Waals surface area contributed by atoms with Gasteiger partial charge in [-0.3, -0.25) is 4.90 Å². The van der Waals surface area contributed by atoms with Crippen molar-refractivity contribution >= 4 is 11.6 Å². The zero-order valence-electron chi connectivity index (χ0n) is 19.5. The topological polar surface area (TPSA) is 62.4 Å². The van der Waals surface area contributed by atoms with Crippen LogP contribution in [0.5, 0.6) is 0 Å². The number of halogens is 5. The number of nitrogens with zero attached hydrogens (tertiary/aromatic N) is 2. The van der Waals surface area contributed by atoms with Crippen molar-refractivity contribution in [2.75, 3.05) is 13.1 Å². The first kappa shape index (κ1) is 29.7. The van der Waals surface area contributed by atoms with Crippen molar-refractivity contribution in [2.24, 2.45) is 5.73 Å². The molecule has 1 aliphatic rings. The van der Waals surface area contributed by atoms with Crippen molar-refractivity contribution < 1.29 is 22.7 Å². The number of pyridine rings is 1. The molecule has 1 aliphatic heterocycles. The van der Waals surface area contributed by atoms with Gasteiger partial charge in [-0.2, -0.15) is 13.2 Å². The van der Waals surface area contributed by atoms with Gasteiger partial charge in [0.15, 0.2) is 0 Å². The molecule has 36 heavy (non-hydrogen) atoms. The predicted octanol–water partition coefficient (Wildman–Crippen LogP) is 6.86. The molecule has 196 valence electrons. The maximum Gasteiger partial charge on any atom is 0.424 e. The third-order valence-corrected chi connectivity index (χ3v) is 6.28. The first-order valence-electron chi connectivity index (χ1n) is 11.4. The maximum absolute atomic E-state index is 13.8. The Hall–Kier alpha value is -2.52. The van der Waals surface area contributed by atoms with Gasteiger partial charge in [-0.1, -0.05) is 63.2 Å². The molecule has 0 aliphatic carbocycles. The number of rotatable bonds is 6. The normalized spacial score (nSPS) is 17.2. The van der Waals surface area contributed by atoms with E-state index in [2.05, 4.69) is 9.88 Å². The lowest BCUT2D eigenvalue weighted by Gasteiger charge is -2.42. The summed E-state index contributed by atoms with van der Waals surface area (Å²) >= 11 is 5.89. The zero-order valence-corrected chi connectivity index (χ0v) is 20.2. The highest BCUT2D eigenvalue weighted by Crippen LogP contribution is 2.42. The molecule has 4 nitrogen and oxygen atoms in total. The number of nitrogens with two attached hydrogens (primary N) is 1. The Morgan fingerprint density at radius 3 is 2.28 bits per heavy atom. The summed E-state index contributed by atoms with van der Waals surface area (Å²) in [7, 11) is 0. The van der Waals surface area contributed by atoms with Gasteiger partial charge in [0, 0.05) is 31.2 Å². The Balaban J connectivity index is 0.00000148. The van der Waals surface area contributed by atoms with Crippen molar-refractivity contribution in [1.29, 1.82) is 0 Å². The molecule has 1 saturated heterocycles. The van der Waals surface area contributed by atoms with Crippen molar-refractivity contribution in [3.8, 4) is 11.3 Å². The molecule has 0 amide bonds. The van der Waals surface area contributed by atoms with Crippen LogP contribution in [-0.4, -0.2) is 34.3 Å². The lowest BCUT2D eigenvalue weighted by molar-refractivity contribution is -0.263. The van der Waals surface area contributed by atoms with Crippen molar-refractivity contribution in [3.05, 3.63) is 88.3 Å². The molecule has 3 aromatic rings. The van der Waals surface area contributed by atoms with Gasteiger partial charge >= 0.3 is 6.18 Å². The first-order valence-corrected chi connectivity index (χ1v) is 11.8. The Morgan fingerprint density at radius 1 is 1.08 bits per heavy atom. The number of aromatic nitrogens is 1. The minimum atomic E-state index is -5.03. The fraction of sp³-hybridized carbons (Fsp3) is 0.370. The third-order valence-electron chi connectivity index (χ3n) is 5.99. The Bertz CT molecular complexity index is 1140. The molecule has 0 spiro atoms. The third kappa shape index (κ3) is 6.06. The van der Waals surface area contributed by atoms with E-state index >= 15 is 0 Å². The van der Waals surface area contributed by atoms with Gasteiger partial charge in [0.1, 0.15) is 5.82 Å². The Morgan fingerprint density at radius 2 is 1.75 bits per heavy atom. The van der Waals surface area contributed by atoms with E-state index in [1.807, 2.05) is 44.2 Å². The second-order valence-electron chi connectivity index (χ2n) is 8.12. The maximum atomic E-state index is 13.8. The number of hydrogen-bond acceptors (Lipinski definition) is 4. The van der Waals surface area contributed by atoms with Gasteiger partial charge in [-0.05, 0) is 47.9 Å². The van der Waals surface area contributed by atoms with Crippen LogP contribution in [0.2, 0.25) is 5.02 Å². The molecule has 4 rings (SSSR count). The second-order valence-corrected chi connectivity index (χ2v) is 8.53. The van der Waals surface area contributed by atoms with Gasteiger partial charge in [0.2, 0.25) is 5.60 Å². The van der Waals surface area contributed by atoms with Crippen molar-refractivity contribution in [2.45, 2.75) is 52.1 Å². The number of benzene rings is 2. The van der Waals surface area contributed by atoms with E-state index in [0.717, 1.165) is 24.6 Å². The lowest BCUT2D eigenvalue weighted by atomic mass is 9.89. The van der Waals surface area contributed by atoms with E-state index in [1.54, 1.807) is 6.07 Å². The van der Waals surface area contributed by atoms with Crippen molar-refractivity contribution in [1.82, 2.24) is 9.88 Å². The molecule has 1 aromatic heterocycles. The summed E-state index contributed by atoms with van der Waals surface area (Å²) in [4.78, 5) is 6.21. The molecule has 2 aromatic carbocycles. The van der Waals surface area contributed by atoms with E-state index < -0.39 is 29.8 Å². The predicted molar refractivity (Wildman–Crippen MR) is 136 cm³/mol. The zero-order chi connectivity index (χ0) is 25.8. The molecule has 2 unspecified atom stereocenters. The second kappa shape index (κ2) is 12.1. The molecule has 3 N–H and O–H groups in total. The van der Waals surface area contributed by atoms with E-state index in [4.69, 9.17) is 17.3 Å². The highest BCUT2D eigenvalue weighted by molar-refractivity contribution is 6.31. The summed E-state index contributed by atoms with van der Waals surface area (Å²) in [5.41, 5.74) is 3.57. The molecule has 0 radical (unpaired) electrons. The van der Waals surface area contributed by atoms with Crippen LogP contribution in [0.15, 0.2) is 60.7 Å². The molecule has 2 atom stereocenters. The van der Waals surface area contributed by atoms with E-state index in [9.17, 15) is 22.7 Å². The van der Waals surface area contributed by atoms with Gasteiger partial charge in [-0.15, -0.1) is 0 Å². The van der Waals surface area contributed by atoms with Gasteiger partial charge in [0.05, 0.1) is 16.4 Å². The summed E-state index contributed by atoms with van der Waals surface area (Å²) < 4.78 is 55.0. The van der Waals surface area contributed by atoms with Gasteiger partial charge < -0.3 is 10.8 Å². The number of aliphatic hydroxyl groups is 1. The molecule has 2 heterocycles. The SMILES string of the molecule is C.CC.NCC(O)(c1cc(C2CCN2Cc2ccccc2)cc(-c2ccc(F)c(Cl)c2)n1)C(F)(F)F. The van der Waals surface area contributed by atoms with Crippen LogP contribution in [0, 0.1) is 5.82 Å². The first-order chi connectivity index (χ1) is 16.6. The summed E-state index contributed by atoms with van der Waals surface area (Å²) in [6.07, 6.45) is -4.30. The van der Waals surface area contributed by atoms with E-state index in [-0.39, 0.29) is 24.2 Å². The molecule has 9 heteroatoms. The highest BCUT2D eigenvalue weighted by atomic mass is 35.5. The van der Waals surface area contributed by atoms with Crippen LogP contribution in [-0.2, 0) is 12.1 Å². The largest absolute Gasteiger partial charge is 0.424 e. The van der Waals surface area contributed by atoms with Crippen LogP contribution in [0.1, 0.15) is 50.6 Å². The number of hydrogen-bond donors (Lipinski definition) is 2. The number of alkyl halides is 3. The summed E-state index contributed by atoms with van der Waals surface area (Å²) in [6.45, 7) is 4.31. The molecule has 0 bridgehead atoms. The summed E-state index contributed by atoms with van der Waals surface area (Å²) in [6, 6.07) is 16.3. The fourth-order valence-electron chi connectivity index (χ4n) is 3.95. The van der Waals surface area contributed by atoms with E-state index in [0.29, 0.717) is 17.7 Å². The summed E-state index contributed by atoms with van der Waals surface area (Å²) in [5.74, 6) is -0.654. The minimum absolute atomic E-state index is 0. The monoisotopic (exact) mass is 525 g/mol. The minimum Gasteiger partial charge on any atom is -0.374 e. The van der Waals surface area contributed by atoms with Crippen molar-refractivity contribution in [3.63, 3.8) is 0 Å². The van der Waals surface area contributed by atoms with Gasteiger partial charge in [-0.25, -0.2) is 9.37 Å².